The van der Waals surface area contributed by atoms with Gasteiger partial charge in [-0.05, 0) is 48.9 Å². The number of aromatic carboxylic acids is 1. The largest absolute Gasteiger partial charge is 0.545 e. The van der Waals surface area contributed by atoms with E-state index in [1.807, 2.05) is 25.1 Å². The fourth-order valence-electron chi connectivity index (χ4n) is 2.75. The number of carbonyl (C=O) groups excluding carboxylic acids is 3. The molecule has 0 saturated heterocycles. The van der Waals surface area contributed by atoms with E-state index in [9.17, 15) is 19.5 Å². The average molecular weight is 403 g/mol. The lowest BCUT2D eigenvalue weighted by Crippen LogP contribution is -2.25. The van der Waals surface area contributed by atoms with Crippen molar-refractivity contribution in [1.29, 1.82) is 0 Å². The van der Waals surface area contributed by atoms with Gasteiger partial charge >= 0.3 is 0 Å². The second kappa shape index (κ2) is 9.38. The molecule has 2 amide bonds. The minimum atomic E-state index is -1.39. The van der Waals surface area contributed by atoms with Crippen molar-refractivity contribution in [2.45, 2.75) is 6.92 Å². The molecule has 7 nitrogen and oxygen atoms in total. The van der Waals surface area contributed by atoms with Crippen molar-refractivity contribution >= 4 is 29.2 Å². The van der Waals surface area contributed by atoms with E-state index in [0.717, 1.165) is 5.56 Å². The maximum atomic E-state index is 12.5. The highest BCUT2D eigenvalue weighted by molar-refractivity contribution is 6.08. The quantitative estimate of drug-likeness (QED) is 0.631. The predicted octanol–water partition coefficient (Wildman–Crippen LogP) is 2.63. The van der Waals surface area contributed by atoms with E-state index in [-0.39, 0.29) is 29.3 Å². The zero-order valence-electron chi connectivity index (χ0n) is 16.2. The summed E-state index contributed by atoms with van der Waals surface area (Å²) in [5, 5.41) is 16.4. The molecule has 0 aliphatic carbocycles. The highest BCUT2D eigenvalue weighted by atomic mass is 16.5. The van der Waals surface area contributed by atoms with Gasteiger partial charge in [-0.3, -0.25) is 9.59 Å². The van der Waals surface area contributed by atoms with Gasteiger partial charge in [-0.15, -0.1) is 0 Å². The van der Waals surface area contributed by atoms with Crippen molar-refractivity contribution in [2.75, 3.05) is 17.2 Å². The number of rotatable bonds is 7. The fraction of sp³-hybridized carbons (Fsp3) is 0.0870. The van der Waals surface area contributed by atoms with Crippen LogP contribution in [-0.2, 0) is 4.79 Å². The Morgan fingerprint density at radius 1 is 0.900 bits per heavy atom. The first-order valence-electron chi connectivity index (χ1n) is 9.13. The molecule has 0 unspecified atom stereocenters. The number of carboxylic acids is 1. The van der Waals surface area contributed by atoms with E-state index in [1.54, 1.807) is 30.3 Å². The number of carboxylic acid groups (broad SMARTS) is 1. The molecular weight excluding hydrogens is 384 g/mol. The molecule has 3 aromatic rings. The summed E-state index contributed by atoms with van der Waals surface area (Å²) in [7, 11) is 0. The van der Waals surface area contributed by atoms with Gasteiger partial charge in [-0.2, -0.15) is 0 Å². The summed E-state index contributed by atoms with van der Waals surface area (Å²) in [4.78, 5) is 35.8. The molecule has 3 aromatic carbocycles. The summed E-state index contributed by atoms with van der Waals surface area (Å²) < 4.78 is 5.46. The van der Waals surface area contributed by atoms with Crippen LogP contribution in [0.15, 0.2) is 72.8 Å². The third-order valence-electron chi connectivity index (χ3n) is 4.16. The fourth-order valence-corrected chi connectivity index (χ4v) is 2.75. The molecule has 30 heavy (non-hydrogen) atoms. The number of benzene rings is 3. The van der Waals surface area contributed by atoms with Crippen LogP contribution in [0.5, 0.6) is 5.75 Å². The molecule has 0 aliphatic rings. The second-order valence-electron chi connectivity index (χ2n) is 6.52. The van der Waals surface area contributed by atoms with Gasteiger partial charge in [-0.1, -0.05) is 36.4 Å². The van der Waals surface area contributed by atoms with Crippen LogP contribution in [0.3, 0.4) is 0 Å². The molecule has 0 fully saturated rings. The summed E-state index contributed by atoms with van der Waals surface area (Å²) in [6.07, 6.45) is 0. The smallest absolute Gasteiger partial charge is 0.262 e. The third kappa shape index (κ3) is 5.45. The maximum absolute atomic E-state index is 12.5. The van der Waals surface area contributed by atoms with E-state index >= 15 is 0 Å². The Morgan fingerprint density at radius 2 is 1.67 bits per heavy atom. The second-order valence-corrected chi connectivity index (χ2v) is 6.52. The molecule has 0 radical (unpaired) electrons. The normalized spacial score (nSPS) is 10.2. The third-order valence-corrected chi connectivity index (χ3v) is 4.16. The molecular formula is C23H19N2O5-. The first-order chi connectivity index (χ1) is 14.4. The molecule has 0 aromatic heterocycles. The van der Waals surface area contributed by atoms with E-state index in [2.05, 4.69) is 10.6 Å². The number of anilines is 2. The highest BCUT2D eigenvalue weighted by Gasteiger charge is 2.11. The number of hydrogen-bond donors (Lipinski definition) is 2. The Hall–Kier alpha value is -4.13. The van der Waals surface area contributed by atoms with Gasteiger partial charge in [0, 0.05) is 16.8 Å². The van der Waals surface area contributed by atoms with Gasteiger partial charge < -0.3 is 25.3 Å². The van der Waals surface area contributed by atoms with E-state index in [1.165, 1.54) is 24.3 Å². The minimum absolute atomic E-state index is 0.122. The van der Waals surface area contributed by atoms with Gasteiger partial charge in [-0.25, -0.2) is 0 Å². The van der Waals surface area contributed by atoms with E-state index in [4.69, 9.17) is 4.74 Å². The first kappa shape index (κ1) is 20.6. The SMILES string of the molecule is Cc1cccc(OCC(=O)Nc2cccc(C(=O)Nc3ccccc3C(=O)[O-])c2)c1. The van der Waals surface area contributed by atoms with Crippen LogP contribution in [0.4, 0.5) is 11.4 Å². The summed E-state index contributed by atoms with van der Waals surface area (Å²) in [6, 6.07) is 19.6. The van der Waals surface area contributed by atoms with Crippen LogP contribution in [-0.4, -0.2) is 24.4 Å². The molecule has 7 heteroatoms. The molecule has 0 heterocycles. The summed E-state index contributed by atoms with van der Waals surface area (Å²) in [5.41, 5.74) is 1.69. The maximum Gasteiger partial charge on any atom is 0.262 e. The summed E-state index contributed by atoms with van der Waals surface area (Å²) in [5.74, 6) is -1.70. The van der Waals surface area contributed by atoms with E-state index in [0.29, 0.717) is 11.4 Å². The van der Waals surface area contributed by atoms with Gasteiger partial charge in [0.15, 0.2) is 6.61 Å². The Balaban J connectivity index is 1.63. The lowest BCUT2D eigenvalue weighted by Gasteiger charge is -2.12. The van der Waals surface area contributed by atoms with Crippen molar-refractivity contribution in [3.8, 4) is 5.75 Å². The lowest BCUT2D eigenvalue weighted by atomic mass is 10.1. The van der Waals surface area contributed by atoms with Crippen molar-refractivity contribution in [2.24, 2.45) is 0 Å². The topological polar surface area (TPSA) is 108 Å². The molecule has 0 spiro atoms. The zero-order chi connectivity index (χ0) is 21.5. The van der Waals surface area contributed by atoms with Gasteiger partial charge in [0.05, 0.1) is 11.7 Å². The predicted molar refractivity (Wildman–Crippen MR) is 110 cm³/mol. The van der Waals surface area contributed by atoms with Crippen molar-refractivity contribution < 1.29 is 24.2 Å². The molecule has 3 rings (SSSR count). The Labute approximate surface area is 173 Å². The van der Waals surface area contributed by atoms with Gasteiger partial charge in [0.25, 0.3) is 11.8 Å². The molecule has 0 aliphatic heterocycles. The number of nitrogens with one attached hydrogen (secondary N) is 2. The standard InChI is InChI=1S/C23H20N2O5/c1-15-6-4-9-18(12-15)30-14-21(26)24-17-8-5-7-16(13-17)22(27)25-20-11-3-2-10-19(20)23(28)29/h2-13H,14H2,1H3,(H,24,26)(H,25,27)(H,28,29)/p-1. The van der Waals surface area contributed by atoms with Crippen LogP contribution >= 0.6 is 0 Å². The molecule has 0 bridgehead atoms. The Morgan fingerprint density at radius 3 is 2.43 bits per heavy atom. The number of para-hydroxylation sites is 1. The van der Waals surface area contributed by atoms with Crippen LogP contribution in [0, 0.1) is 6.92 Å². The average Bonchev–Trinajstić information content (AvgIpc) is 2.73. The molecule has 0 atom stereocenters. The van der Waals surface area contributed by atoms with Crippen molar-refractivity contribution in [1.82, 2.24) is 0 Å². The Kier molecular flexibility index (Phi) is 6.44. The zero-order valence-corrected chi connectivity index (χ0v) is 16.2. The molecule has 152 valence electrons. The monoisotopic (exact) mass is 403 g/mol. The number of carbonyl (C=O) groups is 3. The van der Waals surface area contributed by atoms with Crippen molar-refractivity contribution in [3.63, 3.8) is 0 Å². The molecule has 0 saturated carbocycles. The van der Waals surface area contributed by atoms with Crippen LogP contribution < -0.4 is 20.5 Å². The number of ether oxygens (including phenoxy) is 1. The van der Waals surface area contributed by atoms with Crippen LogP contribution in [0.2, 0.25) is 0 Å². The van der Waals surface area contributed by atoms with Crippen LogP contribution in [0.25, 0.3) is 0 Å². The Bertz CT molecular complexity index is 1090. The summed E-state index contributed by atoms with van der Waals surface area (Å²) in [6.45, 7) is 1.74. The van der Waals surface area contributed by atoms with Gasteiger partial charge in [0.2, 0.25) is 0 Å². The number of amides is 2. The first-order valence-corrected chi connectivity index (χ1v) is 9.13. The number of hydrogen-bond acceptors (Lipinski definition) is 5. The highest BCUT2D eigenvalue weighted by Crippen LogP contribution is 2.17. The van der Waals surface area contributed by atoms with Crippen LogP contribution in [0.1, 0.15) is 26.3 Å². The van der Waals surface area contributed by atoms with Gasteiger partial charge in [0.1, 0.15) is 5.75 Å². The lowest BCUT2D eigenvalue weighted by molar-refractivity contribution is -0.254. The van der Waals surface area contributed by atoms with Crippen molar-refractivity contribution in [3.05, 3.63) is 89.5 Å². The number of aryl methyl sites for hydroxylation is 1. The minimum Gasteiger partial charge on any atom is -0.545 e. The van der Waals surface area contributed by atoms with E-state index < -0.39 is 11.9 Å². The summed E-state index contributed by atoms with van der Waals surface area (Å²) >= 11 is 0. The molecule has 2 N–H and O–H groups in total.